The predicted molar refractivity (Wildman–Crippen MR) is 76.1 cm³/mol. The van der Waals surface area contributed by atoms with Crippen molar-refractivity contribution in [3.8, 4) is 10.6 Å². The van der Waals surface area contributed by atoms with Crippen molar-refractivity contribution in [2.45, 2.75) is 11.3 Å². The summed E-state index contributed by atoms with van der Waals surface area (Å²) in [6, 6.07) is 5.96. The molecule has 0 aliphatic heterocycles. The van der Waals surface area contributed by atoms with Crippen LogP contribution in [0.15, 0.2) is 27.0 Å². The van der Waals surface area contributed by atoms with Crippen LogP contribution in [0.5, 0.6) is 0 Å². The lowest BCUT2D eigenvalue weighted by atomic mass is 10.1. The molecule has 0 amide bonds. The van der Waals surface area contributed by atoms with E-state index in [1.165, 1.54) is 23.1 Å². The molecule has 0 radical (unpaired) electrons. The van der Waals surface area contributed by atoms with Gasteiger partial charge in [0, 0.05) is 10.0 Å². The first-order chi connectivity index (χ1) is 8.56. The number of rotatable bonds is 4. The number of halogens is 1. The van der Waals surface area contributed by atoms with E-state index in [4.69, 9.17) is 5.11 Å². The third-order valence-corrected chi connectivity index (χ3v) is 4.72. The molecule has 1 aromatic heterocycles. The number of hydrogen-bond donors (Lipinski definition) is 1. The van der Waals surface area contributed by atoms with Crippen LogP contribution >= 0.6 is 39.0 Å². The van der Waals surface area contributed by atoms with Gasteiger partial charge in [-0.05, 0) is 24.6 Å². The zero-order chi connectivity index (χ0) is 13.1. The molecule has 0 spiro atoms. The molecule has 0 bridgehead atoms. The molecular weight excluding hydrogens is 336 g/mol. The number of carbonyl (C=O) groups is 1. The summed E-state index contributed by atoms with van der Waals surface area (Å²) < 4.78 is 1.66. The van der Waals surface area contributed by atoms with Gasteiger partial charge in [-0.25, -0.2) is 0 Å². The summed E-state index contributed by atoms with van der Waals surface area (Å²) in [5.41, 5.74) is 2.13. The number of hydrogen-bond acceptors (Lipinski definition) is 5. The number of benzene rings is 1. The summed E-state index contributed by atoms with van der Waals surface area (Å²) in [5.74, 6) is -0.845. The van der Waals surface area contributed by atoms with Crippen molar-refractivity contribution in [2.24, 2.45) is 0 Å². The molecule has 1 aromatic carbocycles. The van der Waals surface area contributed by atoms with Crippen molar-refractivity contribution in [1.29, 1.82) is 0 Å². The van der Waals surface area contributed by atoms with E-state index in [0.29, 0.717) is 4.34 Å². The lowest BCUT2D eigenvalue weighted by Crippen LogP contribution is -1.96. The zero-order valence-electron chi connectivity index (χ0n) is 9.38. The van der Waals surface area contributed by atoms with Gasteiger partial charge in [0.25, 0.3) is 0 Å². The van der Waals surface area contributed by atoms with Crippen LogP contribution in [0.4, 0.5) is 0 Å². The predicted octanol–water partition coefficient (Wildman–Crippen LogP) is 3.45. The van der Waals surface area contributed by atoms with Gasteiger partial charge in [-0.3, -0.25) is 4.79 Å². The van der Waals surface area contributed by atoms with Crippen LogP contribution in [-0.2, 0) is 4.79 Å². The average molecular weight is 345 g/mol. The lowest BCUT2D eigenvalue weighted by molar-refractivity contribution is -0.133. The summed E-state index contributed by atoms with van der Waals surface area (Å²) in [6.45, 7) is 2.01. The van der Waals surface area contributed by atoms with Gasteiger partial charge >= 0.3 is 5.97 Å². The van der Waals surface area contributed by atoms with E-state index in [1.54, 1.807) is 0 Å². The molecule has 0 aliphatic rings. The Morgan fingerprint density at radius 2 is 2.28 bits per heavy atom. The Morgan fingerprint density at radius 3 is 3.00 bits per heavy atom. The molecule has 4 nitrogen and oxygen atoms in total. The molecule has 0 saturated carbocycles. The Kier molecular flexibility index (Phi) is 4.36. The highest BCUT2D eigenvalue weighted by Gasteiger charge is 2.11. The Hall–Kier alpha value is -0.920. The Morgan fingerprint density at radius 1 is 1.50 bits per heavy atom. The molecule has 94 valence electrons. The fourth-order valence-electron chi connectivity index (χ4n) is 1.33. The van der Waals surface area contributed by atoms with Gasteiger partial charge in [0.15, 0.2) is 4.34 Å². The number of aryl methyl sites for hydroxylation is 1. The third-order valence-electron chi connectivity index (χ3n) is 2.16. The zero-order valence-corrected chi connectivity index (χ0v) is 12.6. The summed E-state index contributed by atoms with van der Waals surface area (Å²) in [6.07, 6.45) is 0. The second-order valence-corrected chi connectivity index (χ2v) is 6.63. The fraction of sp³-hybridized carbons (Fsp3) is 0.182. The highest BCUT2D eigenvalue weighted by molar-refractivity contribution is 9.10. The SMILES string of the molecule is Cc1ccc(Br)cc1-c1nnc(SCC(=O)O)s1. The first-order valence-corrected chi connectivity index (χ1v) is 7.60. The van der Waals surface area contributed by atoms with Crippen LogP contribution in [0.1, 0.15) is 5.56 Å². The minimum absolute atomic E-state index is 0.00605. The van der Waals surface area contributed by atoms with Crippen molar-refractivity contribution in [1.82, 2.24) is 10.2 Å². The van der Waals surface area contributed by atoms with E-state index >= 15 is 0 Å². The largest absolute Gasteiger partial charge is 0.481 e. The molecule has 0 aliphatic carbocycles. The molecule has 18 heavy (non-hydrogen) atoms. The molecule has 2 rings (SSSR count). The van der Waals surface area contributed by atoms with Crippen molar-refractivity contribution >= 4 is 45.0 Å². The van der Waals surface area contributed by atoms with E-state index < -0.39 is 5.97 Å². The van der Waals surface area contributed by atoms with Crippen molar-refractivity contribution in [3.05, 3.63) is 28.2 Å². The Bertz CT molecular complexity index is 586. The molecule has 7 heteroatoms. The molecule has 1 N–H and O–H groups in total. The molecule has 1 heterocycles. The van der Waals surface area contributed by atoms with E-state index in [0.717, 1.165) is 20.6 Å². The maximum atomic E-state index is 10.5. The van der Waals surface area contributed by atoms with Crippen molar-refractivity contribution < 1.29 is 9.90 Å². The van der Waals surface area contributed by atoms with Crippen LogP contribution in [-0.4, -0.2) is 27.0 Å². The maximum absolute atomic E-state index is 10.5. The standard InChI is InChI=1S/C11H9BrN2O2S2/c1-6-2-3-7(12)4-8(6)10-13-14-11(18-10)17-5-9(15)16/h2-4H,5H2,1H3,(H,15,16). The molecular formula is C11H9BrN2O2S2. The minimum atomic E-state index is -0.851. The van der Waals surface area contributed by atoms with Crippen LogP contribution in [0, 0.1) is 6.92 Å². The maximum Gasteiger partial charge on any atom is 0.313 e. The summed E-state index contributed by atoms with van der Waals surface area (Å²) in [5, 5.41) is 17.5. The molecule has 0 fully saturated rings. The second kappa shape index (κ2) is 5.81. The first kappa shape index (κ1) is 13.5. The van der Waals surface area contributed by atoms with Gasteiger partial charge in [-0.2, -0.15) is 0 Å². The van der Waals surface area contributed by atoms with Gasteiger partial charge in [-0.1, -0.05) is 45.1 Å². The molecule has 0 unspecified atom stereocenters. The monoisotopic (exact) mass is 344 g/mol. The van der Waals surface area contributed by atoms with Gasteiger partial charge in [0.2, 0.25) is 0 Å². The quantitative estimate of drug-likeness (QED) is 0.860. The average Bonchev–Trinajstić information content (AvgIpc) is 2.78. The number of carboxylic acids is 1. The van der Waals surface area contributed by atoms with E-state index in [2.05, 4.69) is 26.1 Å². The van der Waals surface area contributed by atoms with E-state index in [-0.39, 0.29) is 5.75 Å². The van der Waals surface area contributed by atoms with Crippen LogP contribution < -0.4 is 0 Å². The van der Waals surface area contributed by atoms with Crippen LogP contribution in [0.25, 0.3) is 10.6 Å². The van der Waals surface area contributed by atoms with Crippen LogP contribution in [0.2, 0.25) is 0 Å². The van der Waals surface area contributed by atoms with Crippen LogP contribution in [0.3, 0.4) is 0 Å². The Balaban J connectivity index is 2.23. The normalized spacial score (nSPS) is 10.6. The summed E-state index contributed by atoms with van der Waals surface area (Å²) in [4.78, 5) is 10.5. The molecule has 0 atom stereocenters. The lowest BCUT2D eigenvalue weighted by Gasteiger charge is -2.01. The van der Waals surface area contributed by atoms with Gasteiger partial charge in [0.05, 0.1) is 5.75 Å². The number of aromatic nitrogens is 2. The first-order valence-electron chi connectivity index (χ1n) is 5.01. The number of carboxylic acid groups (broad SMARTS) is 1. The Labute approximate surface area is 121 Å². The number of nitrogens with zero attached hydrogens (tertiary/aromatic N) is 2. The van der Waals surface area contributed by atoms with Gasteiger partial charge < -0.3 is 5.11 Å². The highest BCUT2D eigenvalue weighted by atomic mass is 79.9. The highest BCUT2D eigenvalue weighted by Crippen LogP contribution is 2.32. The van der Waals surface area contributed by atoms with Gasteiger partial charge in [0.1, 0.15) is 5.01 Å². The molecule has 0 saturated heterocycles. The van der Waals surface area contributed by atoms with Gasteiger partial charge in [-0.15, -0.1) is 10.2 Å². The third kappa shape index (κ3) is 3.30. The number of thioether (sulfide) groups is 1. The van der Waals surface area contributed by atoms with Crippen molar-refractivity contribution in [2.75, 3.05) is 5.75 Å². The summed E-state index contributed by atoms with van der Waals surface area (Å²) in [7, 11) is 0. The van der Waals surface area contributed by atoms with E-state index in [9.17, 15) is 4.79 Å². The van der Waals surface area contributed by atoms with Crippen molar-refractivity contribution in [3.63, 3.8) is 0 Å². The summed E-state index contributed by atoms with van der Waals surface area (Å²) >= 11 is 6.02. The second-order valence-electron chi connectivity index (χ2n) is 3.51. The smallest absolute Gasteiger partial charge is 0.313 e. The fourth-order valence-corrected chi connectivity index (χ4v) is 3.34. The minimum Gasteiger partial charge on any atom is -0.481 e. The molecule has 2 aromatic rings. The number of aliphatic carboxylic acids is 1. The topological polar surface area (TPSA) is 63.1 Å². The van der Waals surface area contributed by atoms with E-state index in [1.807, 2.05) is 25.1 Å².